The number of primary sulfonamides is 1. The zero-order chi connectivity index (χ0) is 15.9. The lowest BCUT2D eigenvalue weighted by Gasteiger charge is -2.16. The number of nitrogens with zero attached hydrogens (tertiary/aromatic N) is 3. The summed E-state index contributed by atoms with van der Waals surface area (Å²) in [6, 6.07) is 7.09. The fourth-order valence-corrected chi connectivity index (χ4v) is 3.16. The quantitative estimate of drug-likeness (QED) is 0.834. The number of nitrogens with one attached hydrogen (secondary N) is 1. The van der Waals surface area contributed by atoms with Gasteiger partial charge in [-0.15, -0.1) is 0 Å². The summed E-state index contributed by atoms with van der Waals surface area (Å²) in [4.78, 5) is 17.7. The van der Waals surface area contributed by atoms with Crippen molar-refractivity contribution < 1.29 is 13.2 Å². The minimum Gasteiger partial charge on any atom is -0.311 e. The molecule has 9 heteroatoms. The highest BCUT2D eigenvalue weighted by Crippen LogP contribution is 2.27. The van der Waals surface area contributed by atoms with E-state index in [9.17, 15) is 13.2 Å². The Labute approximate surface area is 127 Å². The van der Waals surface area contributed by atoms with Crippen molar-refractivity contribution in [1.29, 1.82) is 0 Å². The maximum Gasteiger partial charge on any atom is 0.228 e. The molecule has 0 spiro atoms. The Morgan fingerprint density at radius 2 is 2.18 bits per heavy atom. The maximum absolute atomic E-state index is 12.1. The molecule has 1 fully saturated rings. The van der Waals surface area contributed by atoms with Crippen molar-refractivity contribution in [3.05, 3.63) is 30.1 Å². The van der Waals surface area contributed by atoms with Crippen molar-refractivity contribution in [2.45, 2.75) is 18.6 Å². The molecule has 22 heavy (non-hydrogen) atoms. The van der Waals surface area contributed by atoms with Gasteiger partial charge in [-0.3, -0.25) is 9.89 Å². The largest absolute Gasteiger partial charge is 0.311 e. The van der Waals surface area contributed by atoms with Crippen LogP contribution < -0.4 is 10.0 Å². The molecule has 1 aromatic carbocycles. The van der Waals surface area contributed by atoms with Crippen LogP contribution in [0.4, 0.5) is 5.69 Å². The third-order valence-corrected chi connectivity index (χ3v) is 4.81. The number of sulfonamides is 1. The van der Waals surface area contributed by atoms with Gasteiger partial charge >= 0.3 is 0 Å². The number of aromatic amines is 1. The normalized spacial score (nSPS) is 18.9. The Morgan fingerprint density at radius 3 is 2.77 bits per heavy atom. The minimum atomic E-state index is -3.73. The number of carbonyl (C=O) groups excluding carboxylic acids is 1. The molecular formula is C13H15N5O3S. The fourth-order valence-electron chi connectivity index (χ4n) is 2.43. The summed E-state index contributed by atoms with van der Waals surface area (Å²) >= 11 is 0. The first-order chi connectivity index (χ1) is 10.3. The molecule has 3 N–H and O–H groups in total. The number of anilines is 1. The highest BCUT2D eigenvalue weighted by Gasteiger charge is 2.37. The number of hydrogen-bond donors (Lipinski definition) is 2. The van der Waals surface area contributed by atoms with Gasteiger partial charge in [0.25, 0.3) is 0 Å². The van der Waals surface area contributed by atoms with E-state index in [1.54, 1.807) is 25.1 Å². The summed E-state index contributed by atoms with van der Waals surface area (Å²) in [5.74, 6) is 0.947. The monoisotopic (exact) mass is 321 g/mol. The van der Waals surface area contributed by atoms with Crippen molar-refractivity contribution in [3.63, 3.8) is 0 Å². The smallest absolute Gasteiger partial charge is 0.228 e. The number of rotatable bonds is 3. The number of nitrogens with two attached hydrogens (primary N) is 1. The predicted octanol–water partition coefficient (Wildman–Crippen LogP) is 0.174. The molecule has 3 rings (SSSR count). The van der Waals surface area contributed by atoms with Crippen LogP contribution in [0.1, 0.15) is 12.2 Å². The summed E-state index contributed by atoms with van der Waals surface area (Å²) in [7, 11) is -3.73. The average molecular weight is 321 g/mol. The van der Waals surface area contributed by atoms with Gasteiger partial charge in [0.1, 0.15) is 11.1 Å². The van der Waals surface area contributed by atoms with Crippen LogP contribution in [0.5, 0.6) is 0 Å². The molecule has 1 amide bonds. The summed E-state index contributed by atoms with van der Waals surface area (Å²) in [6.07, 6.45) is -0.0944. The molecule has 1 aromatic heterocycles. The predicted molar refractivity (Wildman–Crippen MR) is 80.4 cm³/mol. The number of benzene rings is 1. The lowest BCUT2D eigenvalue weighted by molar-refractivity contribution is -0.117. The molecule has 1 unspecified atom stereocenters. The zero-order valence-electron chi connectivity index (χ0n) is 11.9. The van der Waals surface area contributed by atoms with Crippen LogP contribution in [0, 0.1) is 6.92 Å². The van der Waals surface area contributed by atoms with Crippen molar-refractivity contribution in [2.24, 2.45) is 5.14 Å². The molecule has 0 bridgehead atoms. The van der Waals surface area contributed by atoms with Crippen LogP contribution in [0.3, 0.4) is 0 Å². The maximum atomic E-state index is 12.1. The van der Waals surface area contributed by atoms with Crippen LogP contribution in [0.25, 0.3) is 11.4 Å². The van der Waals surface area contributed by atoms with E-state index in [-0.39, 0.29) is 18.9 Å². The van der Waals surface area contributed by atoms with E-state index in [1.165, 1.54) is 4.90 Å². The number of carbonyl (C=O) groups is 1. The molecule has 0 radical (unpaired) electrons. The number of H-pyrrole nitrogens is 1. The van der Waals surface area contributed by atoms with Gasteiger partial charge < -0.3 is 4.90 Å². The summed E-state index contributed by atoms with van der Waals surface area (Å²) in [5, 5.41) is 11.1. The van der Waals surface area contributed by atoms with Gasteiger partial charge in [0.05, 0.1) is 0 Å². The molecule has 0 aliphatic carbocycles. The molecule has 2 heterocycles. The van der Waals surface area contributed by atoms with E-state index in [0.29, 0.717) is 17.3 Å². The molecule has 1 atom stereocenters. The Balaban J connectivity index is 1.91. The first-order valence-corrected chi connectivity index (χ1v) is 8.27. The van der Waals surface area contributed by atoms with E-state index >= 15 is 0 Å². The second-order valence-electron chi connectivity index (χ2n) is 5.21. The minimum absolute atomic E-state index is 0.0636. The Hall–Kier alpha value is -2.26. The molecule has 2 aromatic rings. The third kappa shape index (κ3) is 2.72. The average Bonchev–Trinajstić information content (AvgIpc) is 3.05. The van der Waals surface area contributed by atoms with Crippen LogP contribution in [-0.4, -0.2) is 41.3 Å². The molecule has 8 nitrogen and oxygen atoms in total. The highest BCUT2D eigenvalue weighted by atomic mass is 32.2. The van der Waals surface area contributed by atoms with Crippen LogP contribution in [0.15, 0.2) is 24.3 Å². The van der Waals surface area contributed by atoms with Crippen molar-refractivity contribution in [3.8, 4) is 11.4 Å². The molecule has 1 aliphatic rings. The number of hydrogen-bond acceptors (Lipinski definition) is 5. The summed E-state index contributed by atoms with van der Waals surface area (Å²) < 4.78 is 22.8. The van der Waals surface area contributed by atoms with Crippen molar-refractivity contribution in [1.82, 2.24) is 15.2 Å². The van der Waals surface area contributed by atoms with E-state index in [0.717, 1.165) is 5.56 Å². The van der Waals surface area contributed by atoms with Crippen LogP contribution in [-0.2, 0) is 14.8 Å². The molecule has 1 aliphatic heterocycles. The second-order valence-corrected chi connectivity index (χ2v) is 7.06. The van der Waals surface area contributed by atoms with Crippen molar-refractivity contribution >= 4 is 21.6 Å². The number of aryl methyl sites for hydroxylation is 1. The number of aromatic nitrogens is 3. The van der Waals surface area contributed by atoms with Gasteiger partial charge in [0.2, 0.25) is 15.9 Å². The van der Waals surface area contributed by atoms with E-state index in [1.807, 2.05) is 6.07 Å². The fraction of sp³-hybridized carbons (Fsp3) is 0.308. The Bertz CT molecular complexity index is 830. The second kappa shape index (κ2) is 5.18. The highest BCUT2D eigenvalue weighted by molar-refractivity contribution is 7.89. The van der Waals surface area contributed by atoms with E-state index in [2.05, 4.69) is 15.2 Å². The van der Waals surface area contributed by atoms with Crippen LogP contribution in [0.2, 0.25) is 0 Å². The molecular weight excluding hydrogens is 306 g/mol. The van der Waals surface area contributed by atoms with Gasteiger partial charge in [-0.05, 0) is 19.1 Å². The van der Waals surface area contributed by atoms with E-state index in [4.69, 9.17) is 5.14 Å². The summed E-state index contributed by atoms with van der Waals surface area (Å²) in [5.41, 5.74) is 1.35. The Morgan fingerprint density at radius 1 is 1.41 bits per heavy atom. The molecule has 116 valence electrons. The lowest BCUT2D eigenvalue weighted by Crippen LogP contribution is -2.32. The van der Waals surface area contributed by atoms with Crippen molar-refractivity contribution in [2.75, 3.05) is 11.4 Å². The first-order valence-electron chi connectivity index (χ1n) is 6.66. The van der Waals surface area contributed by atoms with Crippen LogP contribution >= 0.6 is 0 Å². The summed E-state index contributed by atoms with van der Waals surface area (Å²) in [6.45, 7) is 1.86. The first kappa shape index (κ1) is 14.7. The standard InChI is InChI=1S/C13H15N5O3S/c1-8-15-13(17-16-8)9-3-2-4-10(5-9)18-7-11(6-12(18)19)22(14,20)21/h2-5,11H,6-7H2,1H3,(H2,14,20,21)(H,15,16,17). The lowest BCUT2D eigenvalue weighted by atomic mass is 10.2. The molecule has 0 saturated carbocycles. The van der Waals surface area contributed by atoms with Gasteiger partial charge in [0.15, 0.2) is 5.82 Å². The van der Waals surface area contributed by atoms with Gasteiger partial charge in [-0.2, -0.15) is 5.10 Å². The molecule has 1 saturated heterocycles. The van der Waals surface area contributed by atoms with Gasteiger partial charge in [-0.1, -0.05) is 12.1 Å². The van der Waals surface area contributed by atoms with Gasteiger partial charge in [-0.25, -0.2) is 18.5 Å². The topological polar surface area (TPSA) is 122 Å². The van der Waals surface area contributed by atoms with Gasteiger partial charge in [0, 0.05) is 24.2 Å². The Kier molecular flexibility index (Phi) is 3.45. The zero-order valence-corrected chi connectivity index (χ0v) is 12.7. The number of amides is 1. The SMILES string of the molecule is Cc1nc(-c2cccc(N3CC(S(N)(=O)=O)CC3=O)c2)n[nH]1. The van der Waals surface area contributed by atoms with E-state index < -0.39 is 15.3 Å². The third-order valence-electron chi connectivity index (χ3n) is 3.57.